The van der Waals surface area contributed by atoms with Crippen LogP contribution in [0.25, 0.3) is 0 Å². The highest BCUT2D eigenvalue weighted by atomic mass is 79.9. The third-order valence-electron chi connectivity index (χ3n) is 2.83. The van der Waals surface area contributed by atoms with Gasteiger partial charge < -0.3 is 4.42 Å². The molecule has 1 aromatic carbocycles. The van der Waals surface area contributed by atoms with Crippen LogP contribution in [0.2, 0.25) is 0 Å². The number of hydrogen-bond acceptors (Lipinski definition) is 2. The van der Waals surface area contributed by atoms with Gasteiger partial charge in [0.1, 0.15) is 11.6 Å². The molecule has 1 heterocycles. The van der Waals surface area contributed by atoms with Crippen LogP contribution in [0.4, 0.5) is 4.39 Å². The zero-order valence-electron chi connectivity index (χ0n) is 10.2. The molecule has 0 saturated carbocycles. The summed E-state index contributed by atoms with van der Waals surface area (Å²) in [6.07, 6.45) is 1.67. The fraction of sp³-hybridized carbons (Fsp3) is 0.286. The number of rotatable bonds is 5. The highest BCUT2D eigenvalue weighted by Crippen LogP contribution is 2.22. The zero-order chi connectivity index (χ0) is 13.0. The summed E-state index contributed by atoms with van der Waals surface area (Å²) in [7, 11) is 0. The van der Waals surface area contributed by atoms with Crippen LogP contribution in [0, 0.1) is 5.82 Å². The molecular weight excluding hydrogens is 297 g/mol. The van der Waals surface area contributed by atoms with Crippen LogP contribution < -0.4 is 0 Å². The topological polar surface area (TPSA) is 16.4 Å². The molecule has 0 aliphatic heterocycles. The van der Waals surface area contributed by atoms with Gasteiger partial charge in [-0.3, -0.25) is 4.90 Å². The van der Waals surface area contributed by atoms with E-state index in [-0.39, 0.29) is 5.82 Å². The molecule has 0 fully saturated rings. The van der Waals surface area contributed by atoms with Crippen molar-refractivity contribution in [1.29, 1.82) is 0 Å². The van der Waals surface area contributed by atoms with Crippen molar-refractivity contribution in [1.82, 2.24) is 4.90 Å². The summed E-state index contributed by atoms with van der Waals surface area (Å²) in [5.41, 5.74) is 0.948. The van der Waals surface area contributed by atoms with E-state index in [2.05, 4.69) is 27.8 Å². The molecule has 1 aromatic heterocycles. The van der Waals surface area contributed by atoms with Crippen molar-refractivity contribution in [3.63, 3.8) is 0 Å². The Morgan fingerprint density at radius 1 is 1.22 bits per heavy atom. The fourth-order valence-electron chi connectivity index (χ4n) is 1.81. The Balaban J connectivity index is 2.08. The van der Waals surface area contributed by atoms with Gasteiger partial charge >= 0.3 is 0 Å². The minimum atomic E-state index is -0.221. The Hall–Kier alpha value is -1.13. The SMILES string of the molecule is CCN(Cc1ccco1)Cc1cccc(F)c1Br. The van der Waals surface area contributed by atoms with Gasteiger partial charge in [-0.05, 0) is 46.2 Å². The van der Waals surface area contributed by atoms with Gasteiger partial charge in [0, 0.05) is 6.54 Å². The lowest BCUT2D eigenvalue weighted by atomic mass is 10.2. The van der Waals surface area contributed by atoms with Crippen molar-refractivity contribution in [2.75, 3.05) is 6.54 Å². The van der Waals surface area contributed by atoms with E-state index < -0.39 is 0 Å². The van der Waals surface area contributed by atoms with Gasteiger partial charge in [-0.15, -0.1) is 0 Å². The van der Waals surface area contributed by atoms with Gasteiger partial charge in [-0.1, -0.05) is 19.1 Å². The summed E-state index contributed by atoms with van der Waals surface area (Å²) < 4.78 is 19.3. The van der Waals surface area contributed by atoms with Gasteiger partial charge in [0.15, 0.2) is 0 Å². The molecule has 0 radical (unpaired) electrons. The Kier molecular flexibility index (Phi) is 4.55. The molecule has 0 aliphatic rings. The second-order valence-corrected chi connectivity index (χ2v) is 4.89. The Bertz CT molecular complexity index is 499. The van der Waals surface area contributed by atoms with Crippen molar-refractivity contribution < 1.29 is 8.81 Å². The Morgan fingerprint density at radius 3 is 2.72 bits per heavy atom. The van der Waals surface area contributed by atoms with E-state index in [0.29, 0.717) is 11.0 Å². The lowest BCUT2D eigenvalue weighted by Gasteiger charge is -2.20. The summed E-state index contributed by atoms with van der Waals surface area (Å²) in [4.78, 5) is 2.19. The Labute approximate surface area is 115 Å². The molecule has 0 bridgehead atoms. The predicted octanol–water partition coefficient (Wildman–Crippen LogP) is 4.20. The second kappa shape index (κ2) is 6.16. The lowest BCUT2D eigenvalue weighted by Crippen LogP contribution is -2.22. The fourth-order valence-corrected chi connectivity index (χ4v) is 2.20. The maximum Gasteiger partial charge on any atom is 0.137 e. The average Bonchev–Trinajstić information content (AvgIpc) is 2.86. The van der Waals surface area contributed by atoms with Gasteiger partial charge in [0.25, 0.3) is 0 Å². The molecule has 96 valence electrons. The number of halogens is 2. The summed E-state index contributed by atoms with van der Waals surface area (Å²) >= 11 is 3.29. The van der Waals surface area contributed by atoms with Gasteiger partial charge in [-0.25, -0.2) is 4.39 Å². The van der Waals surface area contributed by atoms with Crippen molar-refractivity contribution in [2.24, 2.45) is 0 Å². The largest absolute Gasteiger partial charge is 0.468 e. The number of benzene rings is 1. The van der Waals surface area contributed by atoms with Crippen LogP contribution in [0.3, 0.4) is 0 Å². The highest BCUT2D eigenvalue weighted by Gasteiger charge is 2.10. The molecule has 18 heavy (non-hydrogen) atoms. The first kappa shape index (κ1) is 13.3. The normalized spacial score (nSPS) is 11.1. The first-order valence-corrected chi connectivity index (χ1v) is 6.67. The van der Waals surface area contributed by atoms with Crippen LogP contribution in [-0.4, -0.2) is 11.4 Å². The van der Waals surface area contributed by atoms with Gasteiger partial charge in [0.05, 0.1) is 17.3 Å². The monoisotopic (exact) mass is 311 g/mol. The van der Waals surface area contributed by atoms with Crippen LogP contribution in [0.15, 0.2) is 45.5 Å². The van der Waals surface area contributed by atoms with Crippen molar-refractivity contribution >= 4 is 15.9 Å². The predicted molar refractivity (Wildman–Crippen MR) is 72.6 cm³/mol. The molecule has 0 aliphatic carbocycles. The molecule has 0 unspecified atom stereocenters. The van der Waals surface area contributed by atoms with Crippen LogP contribution in [0.5, 0.6) is 0 Å². The minimum Gasteiger partial charge on any atom is -0.468 e. The summed E-state index contributed by atoms with van der Waals surface area (Å²) in [5.74, 6) is 0.700. The number of nitrogens with zero attached hydrogens (tertiary/aromatic N) is 1. The molecule has 2 aromatic rings. The molecule has 2 rings (SSSR count). The van der Waals surface area contributed by atoms with E-state index in [9.17, 15) is 4.39 Å². The van der Waals surface area contributed by atoms with Crippen LogP contribution in [0.1, 0.15) is 18.2 Å². The van der Waals surface area contributed by atoms with E-state index in [1.54, 1.807) is 12.3 Å². The maximum absolute atomic E-state index is 13.4. The van der Waals surface area contributed by atoms with Crippen molar-refractivity contribution in [3.8, 4) is 0 Å². The summed E-state index contributed by atoms with van der Waals surface area (Å²) in [6.45, 7) is 4.38. The molecule has 2 nitrogen and oxygen atoms in total. The summed E-state index contributed by atoms with van der Waals surface area (Å²) in [6, 6.07) is 8.94. The molecule has 0 amide bonds. The summed E-state index contributed by atoms with van der Waals surface area (Å²) in [5, 5.41) is 0. The van der Waals surface area contributed by atoms with E-state index >= 15 is 0 Å². The zero-order valence-corrected chi connectivity index (χ0v) is 11.8. The molecule has 0 N–H and O–H groups in total. The second-order valence-electron chi connectivity index (χ2n) is 4.10. The van der Waals surface area contributed by atoms with Gasteiger partial charge in [0.2, 0.25) is 0 Å². The lowest BCUT2D eigenvalue weighted by molar-refractivity contribution is 0.247. The van der Waals surface area contributed by atoms with Crippen LogP contribution in [-0.2, 0) is 13.1 Å². The number of furan rings is 1. The first-order chi connectivity index (χ1) is 8.70. The van der Waals surface area contributed by atoms with E-state index in [1.807, 2.05) is 18.2 Å². The molecule has 0 atom stereocenters. The maximum atomic E-state index is 13.4. The van der Waals surface area contributed by atoms with E-state index in [4.69, 9.17) is 4.42 Å². The van der Waals surface area contributed by atoms with E-state index in [0.717, 1.165) is 24.4 Å². The molecule has 0 saturated heterocycles. The van der Waals surface area contributed by atoms with Crippen molar-refractivity contribution in [3.05, 3.63) is 58.2 Å². The molecule has 4 heteroatoms. The molecular formula is C14H15BrFNO. The highest BCUT2D eigenvalue weighted by molar-refractivity contribution is 9.10. The first-order valence-electron chi connectivity index (χ1n) is 5.88. The van der Waals surface area contributed by atoms with Crippen LogP contribution >= 0.6 is 15.9 Å². The average molecular weight is 312 g/mol. The van der Waals surface area contributed by atoms with E-state index in [1.165, 1.54) is 6.07 Å². The quantitative estimate of drug-likeness (QED) is 0.822. The van der Waals surface area contributed by atoms with Crippen molar-refractivity contribution in [2.45, 2.75) is 20.0 Å². The smallest absolute Gasteiger partial charge is 0.137 e. The standard InChI is InChI=1S/C14H15BrFNO/c1-2-17(10-12-6-4-8-18-12)9-11-5-3-7-13(16)14(11)15/h3-8H,2,9-10H2,1H3. The molecule has 0 spiro atoms. The Morgan fingerprint density at radius 2 is 2.06 bits per heavy atom. The number of hydrogen-bond donors (Lipinski definition) is 0. The minimum absolute atomic E-state index is 0.221. The third-order valence-corrected chi connectivity index (χ3v) is 3.72. The van der Waals surface area contributed by atoms with Gasteiger partial charge in [-0.2, -0.15) is 0 Å². The third kappa shape index (κ3) is 3.21.